The number of likely N-dealkylation sites (tertiary alicyclic amines) is 1. The lowest BCUT2D eigenvalue weighted by molar-refractivity contribution is -0.117. The molecule has 6 heteroatoms. The third kappa shape index (κ3) is 2.64. The van der Waals surface area contributed by atoms with Crippen LogP contribution in [0.2, 0.25) is 0 Å². The van der Waals surface area contributed by atoms with Gasteiger partial charge in [0.2, 0.25) is 11.8 Å². The lowest BCUT2D eigenvalue weighted by atomic mass is 10.00. The summed E-state index contributed by atoms with van der Waals surface area (Å²) in [5, 5.41) is 16.3. The molecule has 3 rings (SSSR count). The smallest absolute Gasteiger partial charge is 0.240 e. The molecule has 6 nitrogen and oxygen atoms in total. The lowest BCUT2D eigenvalue weighted by Crippen LogP contribution is -2.33. The minimum absolute atomic E-state index is 0.0920. The Morgan fingerprint density at radius 1 is 1.58 bits per heavy atom. The fourth-order valence-electron chi connectivity index (χ4n) is 3.26. The monoisotopic (exact) mass is 265 g/mol. The molecule has 1 aliphatic heterocycles. The number of aliphatic hydroxyl groups is 1. The van der Waals surface area contributed by atoms with E-state index in [1.54, 1.807) is 6.07 Å². The first-order valence-corrected chi connectivity index (χ1v) is 6.75. The Kier molecular flexibility index (Phi) is 3.28. The van der Waals surface area contributed by atoms with Crippen molar-refractivity contribution in [2.45, 2.75) is 25.9 Å². The summed E-state index contributed by atoms with van der Waals surface area (Å²) in [6.45, 7) is 3.88. The molecule has 1 aromatic rings. The summed E-state index contributed by atoms with van der Waals surface area (Å²) < 4.78 is 4.95. The van der Waals surface area contributed by atoms with Crippen LogP contribution in [0, 0.1) is 18.8 Å². The van der Waals surface area contributed by atoms with Crippen LogP contribution in [0.3, 0.4) is 0 Å². The zero-order valence-electron chi connectivity index (χ0n) is 11.0. The number of fused-ring (bicyclic) bond motifs is 1. The topological polar surface area (TPSA) is 78.6 Å². The zero-order valence-corrected chi connectivity index (χ0v) is 11.0. The molecule has 2 N–H and O–H groups in total. The number of anilines is 1. The van der Waals surface area contributed by atoms with Crippen LogP contribution >= 0.6 is 0 Å². The van der Waals surface area contributed by atoms with E-state index in [2.05, 4.69) is 15.4 Å². The second-order valence-corrected chi connectivity index (χ2v) is 5.64. The van der Waals surface area contributed by atoms with Crippen molar-refractivity contribution < 1.29 is 14.4 Å². The molecule has 2 aliphatic rings. The molecule has 0 spiro atoms. The summed E-state index contributed by atoms with van der Waals surface area (Å²) in [6.07, 6.45) is 1.80. The van der Waals surface area contributed by atoms with Crippen molar-refractivity contribution in [3.63, 3.8) is 0 Å². The van der Waals surface area contributed by atoms with Crippen LogP contribution in [-0.2, 0) is 4.79 Å². The van der Waals surface area contributed by atoms with E-state index in [-0.39, 0.29) is 12.0 Å². The number of carbonyl (C=O) groups excluding carboxylic acids is 1. The van der Waals surface area contributed by atoms with Crippen LogP contribution < -0.4 is 5.32 Å². The lowest BCUT2D eigenvalue weighted by Gasteiger charge is -2.16. The summed E-state index contributed by atoms with van der Waals surface area (Å²) in [5.41, 5.74) is 0.745. The van der Waals surface area contributed by atoms with Crippen LogP contribution in [-0.4, -0.2) is 46.8 Å². The highest BCUT2D eigenvalue weighted by molar-refractivity contribution is 5.90. The Bertz CT molecular complexity index is 473. The Balaban J connectivity index is 1.51. The van der Waals surface area contributed by atoms with Crippen molar-refractivity contribution >= 4 is 11.8 Å². The number of aromatic nitrogens is 1. The van der Waals surface area contributed by atoms with E-state index >= 15 is 0 Å². The van der Waals surface area contributed by atoms with Gasteiger partial charge in [-0.1, -0.05) is 5.16 Å². The maximum absolute atomic E-state index is 11.9. The Morgan fingerprint density at radius 2 is 2.42 bits per heavy atom. The summed E-state index contributed by atoms with van der Waals surface area (Å²) in [7, 11) is 0. The number of aryl methyl sites for hydroxylation is 1. The van der Waals surface area contributed by atoms with Crippen molar-refractivity contribution in [1.82, 2.24) is 10.1 Å². The first kappa shape index (κ1) is 12.6. The average Bonchev–Trinajstić information content (AvgIpc) is 2.99. The standard InChI is InChI=1S/C13H19N3O3/c1-8-4-13(19-15-8)14-12(18)7-16-5-9-2-3-11(17)10(9)6-16/h4,9-11,17H,2-3,5-7H2,1H3,(H,14,18). The van der Waals surface area contributed by atoms with E-state index in [9.17, 15) is 9.90 Å². The summed E-state index contributed by atoms with van der Waals surface area (Å²) in [6, 6.07) is 1.69. The fraction of sp³-hybridized carbons (Fsp3) is 0.692. The third-order valence-corrected chi connectivity index (χ3v) is 4.15. The number of hydrogen-bond acceptors (Lipinski definition) is 5. The van der Waals surface area contributed by atoms with E-state index in [0.717, 1.165) is 31.6 Å². The molecule has 2 heterocycles. The van der Waals surface area contributed by atoms with Gasteiger partial charge in [0, 0.05) is 25.1 Å². The van der Waals surface area contributed by atoms with Gasteiger partial charge in [-0.2, -0.15) is 0 Å². The van der Waals surface area contributed by atoms with Gasteiger partial charge in [0.1, 0.15) is 0 Å². The van der Waals surface area contributed by atoms with Crippen molar-refractivity contribution in [2.75, 3.05) is 25.0 Å². The molecule has 104 valence electrons. The number of hydrogen-bond donors (Lipinski definition) is 2. The predicted octanol–water partition coefficient (Wildman–Crippen LogP) is 0.624. The van der Waals surface area contributed by atoms with Crippen LogP contribution in [0.4, 0.5) is 5.88 Å². The second kappa shape index (κ2) is 4.94. The van der Waals surface area contributed by atoms with Crippen LogP contribution in [0.1, 0.15) is 18.5 Å². The van der Waals surface area contributed by atoms with Crippen molar-refractivity contribution in [3.8, 4) is 0 Å². The van der Waals surface area contributed by atoms with Crippen molar-refractivity contribution in [1.29, 1.82) is 0 Å². The van der Waals surface area contributed by atoms with E-state index in [1.807, 2.05) is 6.92 Å². The number of aliphatic hydroxyl groups excluding tert-OH is 1. The van der Waals surface area contributed by atoms with Crippen LogP contribution in [0.5, 0.6) is 0 Å². The van der Waals surface area contributed by atoms with Crippen LogP contribution in [0.25, 0.3) is 0 Å². The molecule has 2 fully saturated rings. The molecular formula is C13H19N3O3. The normalized spacial score (nSPS) is 30.5. The first-order valence-electron chi connectivity index (χ1n) is 6.75. The Hall–Kier alpha value is -1.40. The van der Waals surface area contributed by atoms with Gasteiger partial charge in [0.15, 0.2) is 0 Å². The molecule has 3 atom stereocenters. The van der Waals surface area contributed by atoms with Gasteiger partial charge in [0.05, 0.1) is 18.3 Å². The van der Waals surface area contributed by atoms with Gasteiger partial charge < -0.3 is 9.63 Å². The molecule has 1 saturated heterocycles. The van der Waals surface area contributed by atoms with E-state index < -0.39 is 0 Å². The first-order chi connectivity index (χ1) is 9.11. The number of carbonyl (C=O) groups is 1. The molecule has 0 bridgehead atoms. The minimum Gasteiger partial charge on any atom is -0.393 e. The number of rotatable bonds is 3. The average molecular weight is 265 g/mol. The summed E-state index contributed by atoms with van der Waals surface area (Å²) >= 11 is 0. The SMILES string of the molecule is Cc1cc(NC(=O)CN2CC3CCC(O)C3C2)on1. The number of amides is 1. The number of nitrogens with one attached hydrogen (secondary N) is 1. The highest BCUT2D eigenvalue weighted by atomic mass is 16.5. The van der Waals surface area contributed by atoms with Gasteiger partial charge >= 0.3 is 0 Å². The summed E-state index contributed by atoms with van der Waals surface area (Å²) in [4.78, 5) is 14.0. The Morgan fingerprint density at radius 3 is 3.11 bits per heavy atom. The van der Waals surface area contributed by atoms with Crippen molar-refractivity contribution in [2.24, 2.45) is 11.8 Å². The van der Waals surface area contributed by atoms with Gasteiger partial charge in [-0.15, -0.1) is 0 Å². The van der Waals surface area contributed by atoms with Crippen molar-refractivity contribution in [3.05, 3.63) is 11.8 Å². The predicted molar refractivity (Wildman–Crippen MR) is 68.5 cm³/mol. The zero-order chi connectivity index (χ0) is 13.4. The Labute approximate surface area is 111 Å². The van der Waals surface area contributed by atoms with E-state index in [4.69, 9.17) is 4.52 Å². The molecule has 1 saturated carbocycles. The van der Waals surface area contributed by atoms with E-state index in [0.29, 0.717) is 24.3 Å². The highest BCUT2D eigenvalue weighted by Gasteiger charge is 2.42. The minimum atomic E-state index is -0.185. The second-order valence-electron chi connectivity index (χ2n) is 5.64. The molecule has 1 aliphatic carbocycles. The maximum Gasteiger partial charge on any atom is 0.240 e. The molecule has 3 unspecified atom stereocenters. The molecule has 0 radical (unpaired) electrons. The molecule has 19 heavy (non-hydrogen) atoms. The third-order valence-electron chi connectivity index (χ3n) is 4.15. The highest BCUT2D eigenvalue weighted by Crippen LogP contribution is 2.37. The quantitative estimate of drug-likeness (QED) is 0.838. The molecule has 0 aromatic carbocycles. The van der Waals surface area contributed by atoms with E-state index in [1.165, 1.54) is 0 Å². The van der Waals surface area contributed by atoms with Gasteiger partial charge in [-0.05, 0) is 25.7 Å². The summed E-state index contributed by atoms with van der Waals surface area (Å²) in [5.74, 6) is 1.20. The van der Waals surface area contributed by atoms with Crippen LogP contribution in [0.15, 0.2) is 10.6 Å². The molecular weight excluding hydrogens is 246 g/mol. The van der Waals surface area contributed by atoms with Gasteiger partial charge in [0.25, 0.3) is 0 Å². The molecule has 1 amide bonds. The largest absolute Gasteiger partial charge is 0.393 e. The van der Waals surface area contributed by atoms with Gasteiger partial charge in [-0.25, -0.2) is 0 Å². The maximum atomic E-state index is 11.9. The number of nitrogens with zero attached hydrogens (tertiary/aromatic N) is 2. The molecule has 1 aromatic heterocycles. The van der Waals surface area contributed by atoms with Gasteiger partial charge in [-0.3, -0.25) is 15.0 Å². The fourth-order valence-corrected chi connectivity index (χ4v) is 3.26.